The van der Waals surface area contributed by atoms with E-state index in [0.29, 0.717) is 24.7 Å². The molecule has 1 N–H and O–H groups in total. The monoisotopic (exact) mass is 365 g/mol. The fourth-order valence-corrected chi connectivity index (χ4v) is 3.19. The SMILES string of the molecule is C[C@@H](Sc1ccc2c(c1)OCCCO2)C(=O)Nc1ccc(F)c(F)c1. The second kappa shape index (κ2) is 7.74. The highest BCUT2D eigenvalue weighted by molar-refractivity contribution is 8.00. The molecule has 3 rings (SSSR count). The Labute approximate surface area is 148 Å². The van der Waals surface area contributed by atoms with Crippen molar-refractivity contribution in [3.63, 3.8) is 0 Å². The van der Waals surface area contributed by atoms with Crippen LogP contribution in [0, 0.1) is 11.6 Å². The summed E-state index contributed by atoms with van der Waals surface area (Å²) in [7, 11) is 0. The largest absolute Gasteiger partial charge is 0.490 e. The van der Waals surface area contributed by atoms with E-state index < -0.39 is 16.9 Å². The Kier molecular flexibility index (Phi) is 5.43. The highest BCUT2D eigenvalue weighted by Crippen LogP contribution is 2.35. The van der Waals surface area contributed by atoms with Gasteiger partial charge in [-0.25, -0.2) is 8.78 Å². The number of anilines is 1. The molecule has 1 heterocycles. The molecule has 0 fully saturated rings. The van der Waals surface area contributed by atoms with Crippen molar-refractivity contribution in [3.05, 3.63) is 48.0 Å². The first-order chi connectivity index (χ1) is 12.0. The lowest BCUT2D eigenvalue weighted by Gasteiger charge is -2.14. The number of carbonyl (C=O) groups is 1. The van der Waals surface area contributed by atoms with Crippen molar-refractivity contribution in [2.75, 3.05) is 18.5 Å². The van der Waals surface area contributed by atoms with Crippen LogP contribution in [-0.4, -0.2) is 24.4 Å². The first kappa shape index (κ1) is 17.5. The molecular weight excluding hydrogens is 348 g/mol. The van der Waals surface area contributed by atoms with E-state index in [9.17, 15) is 13.6 Å². The second-order valence-electron chi connectivity index (χ2n) is 5.54. The Morgan fingerprint density at radius 1 is 1.08 bits per heavy atom. The van der Waals surface area contributed by atoms with Gasteiger partial charge in [0.05, 0.1) is 18.5 Å². The Morgan fingerprint density at radius 3 is 2.60 bits per heavy atom. The van der Waals surface area contributed by atoms with E-state index in [1.54, 1.807) is 6.92 Å². The molecule has 4 nitrogen and oxygen atoms in total. The molecule has 1 aliphatic rings. The number of rotatable bonds is 4. The normalized spacial score (nSPS) is 14.5. The van der Waals surface area contributed by atoms with Gasteiger partial charge in [0, 0.05) is 23.1 Å². The Bertz CT molecular complexity index is 785. The number of hydrogen-bond acceptors (Lipinski definition) is 4. The number of nitrogens with one attached hydrogen (secondary N) is 1. The van der Waals surface area contributed by atoms with E-state index in [-0.39, 0.29) is 11.6 Å². The Hall–Kier alpha value is -2.28. The van der Waals surface area contributed by atoms with Gasteiger partial charge in [-0.15, -0.1) is 11.8 Å². The van der Waals surface area contributed by atoms with Gasteiger partial charge in [0.1, 0.15) is 0 Å². The average Bonchev–Trinajstić information content (AvgIpc) is 2.83. The van der Waals surface area contributed by atoms with Gasteiger partial charge < -0.3 is 14.8 Å². The fraction of sp³-hybridized carbons (Fsp3) is 0.278. The third-order valence-corrected chi connectivity index (χ3v) is 4.68. The Balaban J connectivity index is 1.65. The van der Waals surface area contributed by atoms with Crippen LogP contribution < -0.4 is 14.8 Å². The van der Waals surface area contributed by atoms with Crippen molar-refractivity contribution in [2.24, 2.45) is 0 Å². The molecule has 0 saturated heterocycles. The summed E-state index contributed by atoms with van der Waals surface area (Å²) in [5.74, 6) is -0.895. The van der Waals surface area contributed by atoms with Crippen LogP contribution in [0.3, 0.4) is 0 Å². The molecule has 132 valence electrons. The van der Waals surface area contributed by atoms with Gasteiger partial charge in [-0.1, -0.05) is 0 Å². The minimum absolute atomic E-state index is 0.218. The summed E-state index contributed by atoms with van der Waals surface area (Å²) in [6, 6.07) is 8.78. The van der Waals surface area contributed by atoms with Crippen LogP contribution in [0.4, 0.5) is 14.5 Å². The quantitative estimate of drug-likeness (QED) is 0.823. The van der Waals surface area contributed by atoms with E-state index in [0.717, 1.165) is 23.4 Å². The second-order valence-corrected chi connectivity index (χ2v) is 6.95. The summed E-state index contributed by atoms with van der Waals surface area (Å²) in [6.45, 7) is 2.95. The van der Waals surface area contributed by atoms with E-state index >= 15 is 0 Å². The molecule has 0 radical (unpaired) electrons. The molecule has 2 aromatic carbocycles. The van der Waals surface area contributed by atoms with E-state index in [4.69, 9.17) is 9.47 Å². The number of fused-ring (bicyclic) bond motifs is 1. The van der Waals surface area contributed by atoms with E-state index in [1.165, 1.54) is 17.8 Å². The number of carbonyl (C=O) groups excluding carboxylic acids is 1. The van der Waals surface area contributed by atoms with Crippen molar-refractivity contribution < 1.29 is 23.0 Å². The maximum absolute atomic E-state index is 13.2. The molecule has 0 aromatic heterocycles. The van der Waals surface area contributed by atoms with Gasteiger partial charge >= 0.3 is 0 Å². The molecule has 7 heteroatoms. The summed E-state index contributed by atoms with van der Waals surface area (Å²) in [5.41, 5.74) is 0.218. The molecule has 0 saturated carbocycles. The summed E-state index contributed by atoms with van der Waals surface area (Å²) in [4.78, 5) is 13.1. The van der Waals surface area contributed by atoms with Crippen molar-refractivity contribution in [1.82, 2.24) is 0 Å². The minimum Gasteiger partial charge on any atom is -0.490 e. The number of amides is 1. The maximum Gasteiger partial charge on any atom is 0.237 e. The predicted octanol–water partition coefficient (Wildman–Crippen LogP) is 4.25. The van der Waals surface area contributed by atoms with Crippen molar-refractivity contribution >= 4 is 23.4 Å². The number of halogens is 2. The van der Waals surface area contributed by atoms with E-state index in [1.807, 2.05) is 18.2 Å². The molecule has 0 aliphatic carbocycles. The van der Waals surface area contributed by atoms with Crippen LogP contribution in [0.5, 0.6) is 11.5 Å². The molecule has 0 bridgehead atoms. The lowest BCUT2D eigenvalue weighted by atomic mass is 10.3. The zero-order chi connectivity index (χ0) is 17.8. The molecule has 0 unspecified atom stereocenters. The zero-order valence-corrected chi connectivity index (χ0v) is 14.4. The third-order valence-electron chi connectivity index (χ3n) is 3.59. The number of hydrogen-bond donors (Lipinski definition) is 1. The van der Waals surface area contributed by atoms with Crippen LogP contribution in [0.25, 0.3) is 0 Å². The van der Waals surface area contributed by atoms with Gasteiger partial charge in [-0.3, -0.25) is 4.79 Å². The molecule has 1 amide bonds. The lowest BCUT2D eigenvalue weighted by molar-refractivity contribution is -0.115. The summed E-state index contributed by atoms with van der Waals surface area (Å²) in [5, 5.41) is 2.15. The number of thioether (sulfide) groups is 1. The van der Waals surface area contributed by atoms with Gasteiger partial charge in [0.25, 0.3) is 0 Å². The van der Waals surface area contributed by atoms with Crippen LogP contribution in [-0.2, 0) is 4.79 Å². The summed E-state index contributed by atoms with van der Waals surface area (Å²) < 4.78 is 37.4. The average molecular weight is 365 g/mol. The Morgan fingerprint density at radius 2 is 1.84 bits per heavy atom. The summed E-state index contributed by atoms with van der Waals surface area (Å²) in [6.07, 6.45) is 0.824. The molecule has 0 spiro atoms. The number of benzene rings is 2. The standard InChI is InChI=1S/C18H17F2NO3S/c1-11(18(22)21-12-3-5-14(19)15(20)9-12)25-13-4-6-16-17(10-13)24-8-2-7-23-16/h3-6,9-11H,2,7-8H2,1H3,(H,21,22)/t11-/m1/s1. The predicted molar refractivity (Wildman–Crippen MR) is 92.4 cm³/mol. The van der Waals surface area contributed by atoms with Crippen LogP contribution in [0.15, 0.2) is 41.3 Å². The highest BCUT2D eigenvalue weighted by atomic mass is 32.2. The highest BCUT2D eigenvalue weighted by Gasteiger charge is 2.17. The van der Waals surface area contributed by atoms with Crippen LogP contribution >= 0.6 is 11.8 Å². The third kappa shape index (κ3) is 4.42. The smallest absolute Gasteiger partial charge is 0.237 e. The van der Waals surface area contributed by atoms with Gasteiger partial charge in [0.2, 0.25) is 5.91 Å². The van der Waals surface area contributed by atoms with Crippen LogP contribution in [0.1, 0.15) is 13.3 Å². The van der Waals surface area contributed by atoms with Crippen molar-refractivity contribution in [2.45, 2.75) is 23.5 Å². The molecule has 25 heavy (non-hydrogen) atoms. The molecule has 2 aromatic rings. The maximum atomic E-state index is 13.2. The van der Waals surface area contributed by atoms with Crippen LogP contribution in [0.2, 0.25) is 0 Å². The molecule has 1 atom stereocenters. The fourth-order valence-electron chi connectivity index (χ4n) is 2.29. The number of ether oxygens (including phenoxy) is 2. The van der Waals surface area contributed by atoms with Gasteiger partial charge in [-0.2, -0.15) is 0 Å². The van der Waals surface area contributed by atoms with Gasteiger partial charge in [0.15, 0.2) is 23.1 Å². The first-order valence-corrected chi connectivity index (χ1v) is 8.73. The first-order valence-electron chi connectivity index (χ1n) is 7.85. The lowest BCUT2D eigenvalue weighted by Crippen LogP contribution is -2.22. The topological polar surface area (TPSA) is 47.6 Å². The van der Waals surface area contributed by atoms with Gasteiger partial charge in [-0.05, 0) is 37.3 Å². The summed E-state index contributed by atoms with van der Waals surface area (Å²) >= 11 is 1.34. The van der Waals surface area contributed by atoms with Crippen molar-refractivity contribution in [1.29, 1.82) is 0 Å². The van der Waals surface area contributed by atoms with E-state index in [2.05, 4.69) is 5.32 Å². The zero-order valence-electron chi connectivity index (χ0n) is 13.6. The minimum atomic E-state index is -0.999. The molecule has 1 aliphatic heterocycles. The molecular formula is C18H17F2NO3S. The van der Waals surface area contributed by atoms with Crippen molar-refractivity contribution in [3.8, 4) is 11.5 Å².